The summed E-state index contributed by atoms with van der Waals surface area (Å²) in [6.07, 6.45) is 1.52. The Morgan fingerprint density at radius 1 is 1.08 bits per heavy atom. The highest BCUT2D eigenvalue weighted by molar-refractivity contribution is 7.90. The maximum atomic E-state index is 13.3. The van der Waals surface area contributed by atoms with Gasteiger partial charge in [0.2, 0.25) is 0 Å². The van der Waals surface area contributed by atoms with Crippen LogP contribution in [0.2, 0.25) is 0 Å². The monoisotopic (exact) mass is 370 g/mol. The first-order valence-electron chi connectivity index (χ1n) is 7.94. The van der Waals surface area contributed by atoms with Gasteiger partial charge in [-0.15, -0.1) is 0 Å². The Morgan fingerprint density at radius 3 is 2.38 bits per heavy atom. The summed E-state index contributed by atoms with van der Waals surface area (Å²) in [6.45, 7) is 0.489. The van der Waals surface area contributed by atoms with Crippen LogP contribution in [-0.2, 0) is 16.6 Å². The molecular weight excluding hydrogens is 352 g/mol. The molecule has 0 aliphatic rings. The number of nitrogens with one attached hydrogen (secondary N) is 1. The lowest BCUT2D eigenvalue weighted by Crippen LogP contribution is -2.17. The molecule has 1 heterocycles. The number of aromatic nitrogens is 1. The lowest BCUT2D eigenvalue weighted by Gasteiger charge is -2.12. The van der Waals surface area contributed by atoms with E-state index in [4.69, 9.17) is 0 Å². The summed E-state index contributed by atoms with van der Waals surface area (Å²) in [6, 6.07) is 16.5. The van der Waals surface area contributed by atoms with Crippen molar-refractivity contribution in [1.82, 2.24) is 9.29 Å². The summed E-state index contributed by atoms with van der Waals surface area (Å²) in [4.78, 5) is 11.2. The summed E-state index contributed by atoms with van der Waals surface area (Å²) in [7, 11) is -2.31. The molecule has 3 aromatic rings. The minimum atomic E-state index is -4.08. The number of hydrogen-bond donors (Lipinski definition) is 2. The largest absolute Gasteiger partial charge is 0.478 e. The Morgan fingerprint density at radius 2 is 1.73 bits per heavy atom. The smallest absolute Gasteiger partial charge is 0.337 e. The number of carboxylic acid groups (broad SMARTS) is 1. The van der Waals surface area contributed by atoms with Crippen molar-refractivity contribution in [2.24, 2.45) is 0 Å². The van der Waals surface area contributed by atoms with Crippen molar-refractivity contribution in [3.05, 3.63) is 78.0 Å². The predicted octanol–water partition coefficient (Wildman–Crippen LogP) is 2.81. The third kappa shape index (κ3) is 3.26. The molecule has 7 heteroatoms. The zero-order chi connectivity index (χ0) is 18.7. The Bertz CT molecular complexity index is 1040. The molecule has 0 fully saturated rings. The van der Waals surface area contributed by atoms with E-state index >= 15 is 0 Å². The van der Waals surface area contributed by atoms with Gasteiger partial charge in [0.05, 0.1) is 11.3 Å². The zero-order valence-electron chi connectivity index (χ0n) is 14.1. The SMILES string of the molecule is CNCc1cc(-c2ccccc2)n(S(=O)(=O)c2ccccc2C(=O)O)c1. The molecule has 26 heavy (non-hydrogen) atoms. The molecule has 2 aromatic carbocycles. The first-order chi connectivity index (χ1) is 12.4. The number of hydrogen-bond acceptors (Lipinski definition) is 4. The fraction of sp³-hybridized carbons (Fsp3) is 0.105. The van der Waals surface area contributed by atoms with E-state index in [9.17, 15) is 18.3 Å². The van der Waals surface area contributed by atoms with Gasteiger partial charge in [0.15, 0.2) is 0 Å². The van der Waals surface area contributed by atoms with Gasteiger partial charge in [-0.05, 0) is 36.4 Å². The topological polar surface area (TPSA) is 88.4 Å². The minimum Gasteiger partial charge on any atom is -0.478 e. The highest BCUT2D eigenvalue weighted by Crippen LogP contribution is 2.28. The van der Waals surface area contributed by atoms with Crippen molar-refractivity contribution >= 4 is 16.0 Å². The van der Waals surface area contributed by atoms with Crippen molar-refractivity contribution in [2.75, 3.05) is 7.05 Å². The van der Waals surface area contributed by atoms with Gasteiger partial charge < -0.3 is 10.4 Å². The zero-order valence-corrected chi connectivity index (χ0v) is 14.9. The maximum absolute atomic E-state index is 13.3. The molecule has 3 rings (SSSR count). The van der Waals surface area contributed by atoms with E-state index in [1.165, 1.54) is 30.5 Å². The normalized spacial score (nSPS) is 11.4. The fourth-order valence-corrected chi connectivity index (χ4v) is 4.38. The number of benzene rings is 2. The van der Waals surface area contributed by atoms with Crippen molar-refractivity contribution in [1.29, 1.82) is 0 Å². The van der Waals surface area contributed by atoms with Gasteiger partial charge >= 0.3 is 5.97 Å². The number of carbonyl (C=O) groups is 1. The Labute approximate surface area is 151 Å². The van der Waals surface area contributed by atoms with Crippen LogP contribution in [0.15, 0.2) is 71.8 Å². The molecule has 1 aromatic heterocycles. The maximum Gasteiger partial charge on any atom is 0.337 e. The van der Waals surface area contributed by atoms with Crippen molar-refractivity contribution in [2.45, 2.75) is 11.4 Å². The van der Waals surface area contributed by atoms with Gasteiger partial charge in [0, 0.05) is 12.7 Å². The average molecular weight is 370 g/mol. The number of aromatic carboxylic acids is 1. The second kappa shape index (κ2) is 7.15. The van der Waals surface area contributed by atoms with E-state index in [-0.39, 0.29) is 10.5 Å². The number of nitrogens with zero attached hydrogens (tertiary/aromatic N) is 1. The van der Waals surface area contributed by atoms with Crippen molar-refractivity contribution in [3.8, 4) is 11.3 Å². The summed E-state index contributed by atoms with van der Waals surface area (Å²) in [5, 5.41) is 12.4. The van der Waals surface area contributed by atoms with Crippen LogP contribution in [0.3, 0.4) is 0 Å². The minimum absolute atomic E-state index is 0.240. The molecule has 2 N–H and O–H groups in total. The van der Waals surface area contributed by atoms with E-state index < -0.39 is 16.0 Å². The van der Waals surface area contributed by atoms with Crippen LogP contribution < -0.4 is 5.32 Å². The van der Waals surface area contributed by atoms with Crippen LogP contribution >= 0.6 is 0 Å². The molecule has 6 nitrogen and oxygen atoms in total. The van der Waals surface area contributed by atoms with Crippen LogP contribution in [0.5, 0.6) is 0 Å². The first kappa shape index (κ1) is 17.9. The van der Waals surface area contributed by atoms with Crippen LogP contribution in [0, 0.1) is 0 Å². The van der Waals surface area contributed by atoms with Crippen LogP contribution in [-0.4, -0.2) is 30.5 Å². The van der Waals surface area contributed by atoms with Gasteiger partial charge in [-0.1, -0.05) is 42.5 Å². The third-order valence-corrected chi connectivity index (χ3v) is 5.68. The van der Waals surface area contributed by atoms with Crippen LogP contribution in [0.25, 0.3) is 11.3 Å². The number of carboxylic acids is 1. The molecule has 0 spiro atoms. The van der Waals surface area contributed by atoms with Crippen LogP contribution in [0.4, 0.5) is 0 Å². The van der Waals surface area contributed by atoms with E-state index in [1.54, 1.807) is 13.1 Å². The second-order valence-corrected chi connectivity index (χ2v) is 7.52. The fourth-order valence-electron chi connectivity index (χ4n) is 2.79. The van der Waals surface area contributed by atoms with Gasteiger partial charge in [-0.3, -0.25) is 0 Å². The molecule has 0 saturated carbocycles. The summed E-state index contributed by atoms with van der Waals surface area (Å²) < 4.78 is 27.6. The quantitative estimate of drug-likeness (QED) is 0.697. The summed E-state index contributed by atoms with van der Waals surface area (Å²) in [5.74, 6) is -1.28. The van der Waals surface area contributed by atoms with Gasteiger partial charge in [0.1, 0.15) is 4.90 Å². The lowest BCUT2D eigenvalue weighted by molar-refractivity contribution is 0.0692. The van der Waals surface area contributed by atoms with Crippen molar-refractivity contribution in [3.63, 3.8) is 0 Å². The van der Waals surface area contributed by atoms with E-state index in [0.717, 1.165) is 15.1 Å². The summed E-state index contributed by atoms with van der Waals surface area (Å²) >= 11 is 0. The lowest BCUT2D eigenvalue weighted by atomic mass is 10.1. The Kier molecular flexibility index (Phi) is 4.92. The molecule has 0 aliphatic heterocycles. The molecule has 0 saturated heterocycles. The van der Waals surface area contributed by atoms with Gasteiger partial charge in [-0.25, -0.2) is 17.2 Å². The van der Waals surface area contributed by atoms with Crippen molar-refractivity contribution < 1.29 is 18.3 Å². The van der Waals surface area contributed by atoms with E-state index in [0.29, 0.717) is 12.2 Å². The van der Waals surface area contributed by atoms with Gasteiger partial charge in [0.25, 0.3) is 10.0 Å². The van der Waals surface area contributed by atoms with E-state index in [1.807, 2.05) is 30.3 Å². The third-order valence-electron chi connectivity index (χ3n) is 3.95. The van der Waals surface area contributed by atoms with Gasteiger partial charge in [-0.2, -0.15) is 0 Å². The molecule has 0 aliphatic carbocycles. The van der Waals surface area contributed by atoms with Crippen LogP contribution in [0.1, 0.15) is 15.9 Å². The second-order valence-electron chi connectivity index (χ2n) is 5.73. The highest BCUT2D eigenvalue weighted by Gasteiger charge is 2.26. The molecule has 0 unspecified atom stereocenters. The van der Waals surface area contributed by atoms with E-state index in [2.05, 4.69) is 5.32 Å². The standard InChI is InChI=1S/C19H18N2O4S/c1-20-12-14-11-17(15-7-3-2-4-8-15)21(13-14)26(24,25)18-10-6-5-9-16(18)19(22)23/h2-11,13,20H,12H2,1H3,(H,22,23). The molecule has 0 radical (unpaired) electrons. The molecular formula is C19H18N2O4S. The average Bonchev–Trinajstić information content (AvgIpc) is 3.07. The number of rotatable bonds is 6. The Hall–Kier alpha value is -2.90. The summed E-state index contributed by atoms with van der Waals surface area (Å²) in [5.41, 5.74) is 1.74. The predicted molar refractivity (Wildman–Crippen MR) is 98.6 cm³/mol. The molecule has 0 amide bonds. The molecule has 0 atom stereocenters. The molecule has 0 bridgehead atoms. The first-order valence-corrected chi connectivity index (χ1v) is 9.38. The molecule has 134 valence electrons. The Balaban J connectivity index is 2.24. The highest BCUT2D eigenvalue weighted by atomic mass is 32.2.